The van der Waals surface area contributed by atoms with Crippen LogP contribution in [0.1, 0.15) is 51.4 Å². The summed E-state index contributed by atoms with van der Waals surface area (Å²) in [4.78, 5) is 10.3. The van der Waals surface area contributed by atoms with Crippen LogP contribution in [0.3, 0.4) is 0 Å². The predicted molar refractivity (Wildman–Crippen MR) is 61.4 cm³/mol. The van der Waals surface area contributed by atoms with E-state index in [1.165, 1.54) is 24.0 Å². The molecule has 0 aromatic heterocycles. The van der Waals surface area contributed by atoms with Gasteiger partial charge in [-0.05, 0) is 38.5 Å². The summed E-state index contributed by atoms with van der Waals surface area (Å²) in [7, 11) is -2.88. The quantitative estimate of drug-likeness (QED) is 0.507. The van der Waals surface area contributed by atoms with E-state index in [1.807, 2.05) is 0 Å². The molecular weight excluding hydrogens is 207 g/mol. The number of hydrogen-bond donors (Lipinski definition) is 1. The third-order valence-corrected chi connectivity index (χ3v) is 7.38. The van der Waals surface area contributed by atoms with Crippen LogP contribution >= 0.6 is 7.37 Å². The van der Waals surface area contributed by atoms with E-state index >= 15 is 0 Å². The van der Waals surface area contributed by atoms with Crippen LogP contribution in [-0.2, 0) is 4.57 Å². The summed E-state index contributed by atoms with van der Waals surface area (Å²) in [6, 6.07) is 0. The van der Waals surface area contributed by atoms with Gasteiger partial charge in [-0.1, -0.05) is 24.0 Å². The number of fused-ring (bicyclic) bond motifs is 2. The van der Waals surface area contributed by atoms with Crippen LogP contribution in [0.4, 0.5) is 0 Å². The highest BCUT2D eigenvalue weighted by atomic mass is 31.2. The monoisotopic (exact) mass is 226 g/mol. The minimum Gasteiger partial charge on any atom is -0.343 e. The Bertz CT molecular complexity index is 329. The lowest BCUT2D eigenvalue weighted by molar-refractivity contribution is 0.444. The minimum atomic E-state index is -2.88. The molecule has 3 atom stereocenters. The van der Waals surface area contributed by atoms with Gasteiger partial charge in [-0.3, -0.25) is 4.57 Å². The Labute approximate surface area is 91.2 Å². The van der Waals surface area contributed by atoms with Gasteiger partial charge < -0.3 is 4.89 Å². The highest BCUT2D eigenvalue weighted by Gasteiger charge is 2.50. The first-order valence-electron chi connectivity index (χ1n) is 6.25. The third kappa shape index (κ3) is 1.38. The molecular formula is C12H19O2P. The van der Waals surface area contributed by atoms with Gasteiger partial charge in [-0.15, -0.1) is 0 Å². The second-order valence-electron chi connectivity index (χ2n) is 5.25. The first-order chi connectivity index (χ1) is 7.21. The maximum Gasteiger partial charge on any atom is 0.214 e. The minimum absolute atomic E-state index is 0.0735. The van der Waals surface area contributed by atoms with E-state index < -0.39 is 7.37 Å². The predicted octanol–water partition coefficient (Wildman–Crippen LogP) is 3.45. The molecule has 0 aromatic carbocycles. The molecule has 1 aliphatic heterocycles. The topological polar surface area (TPSA) is 37.3 Å². The van der Waals surface area contributed by atoms with Gasteiger partial charge in [0.15, 0.2) is 0 Å². The zero-order chi connectivity index (χ0) is 10.5. The van der Waals surface area contributed by atoms with Crippen molar-refractivity contribution in [2.75, 3.05) is 0 Å². The van der Waals surface area contributed by atoms with Crippen molar-refractivity contribution in [2.24, 2.45) is 0 Å². The van der Waals surface area contributed by atoms with Crippen molar-refractivity contribution in [3.05, 3.63) is 11.1 Å². The van der Waals surface area contributed by atoms with E-state index in [1.54, 1.807) is 0 Å². The van der Waals surface area contributed by atoms with Gasteiger partial charge in [0, 0.05) is 0 Å². The van der Waals surface area contributed by atoms with E-state index in [4.69, 9.17) is 0 Å². The molecule has 1 heterocycles. The van der Waals surface area contributed by atoms with Gasteiger partial charge >= 0.3 is 0 Å². The van der Waals surface area contributed by atoms with E-state index in [2.05, 4.69) is 0 Å². The SMILES string of the molecule is O=P1(O)[C@@H]2CCCCC2=C2CCCC[C@@H]21. The standard InChI is InChI=1S/C12H19O2P/c13-15(14)11-7-3-1-5-9(11)10-6-2-4-8-12(10)15/h11-12H,1-8H2,(H,13,14)/t11-,12+. The number of rotatable bonds is 0. The normalized spacial score (nSPS) is 45.1. The van der Waals surface area contributed by atoms with Crippen molar-refractivity contribution < 1.29 is 9.46 Å². The van der Waals surface area contributed by atoms with Crippen molar-refractivity contribution in [2.45, 2.75) is 62.7 Å². The first kappa shape index (κ1) is 10.1. The largest absolute Gasteiger partial charge is 0.343 e. The Morgan fingerprint density at radius 2 is 1.40 bits per heavy atom. The van der Waals surface area contributed by atoms with Gasteiger partial charge in [0.2, 0.25) is 7.37 Å². The van der Waals surface area contributed by atoms with E-state index in [9.17, 15) is 9.46 Å². The van der Waals surface area contributed by atoms with Crippen molar-refractivity contribution in [1.82, 2.24) is 0 Å². The van der Waals surface area contributed by atoms with Crippen LogP contribution < -0.4 is 0 Å². The van der Waals surface area contributed by atoms with Crippen LogP contribution in [0, 0.1) is 0 Å². The molecule has 1 N–H and O–H groups in total. The average molecular weight is 226 g/mol. The summed E-state index contributed by atoms with van der Waals surface area (Å²) in [6.07, 6.45) is 8.95. The van der Waals surface area contributed by atoms with E-state index in [-0.39, 0.29) is 11.3 Å². The zero-order valence-corrected chi connectivity index (χ0v) is 10.0. The Hall–Kier alpha value is -0.0700. The van der Waals surface area contributed by atoms with Gasteiger partial charge in [0.05, 0.1) is 11.3 Å². The van der Waals surface area contributed by atoms with Gasteiger partial charge in [-0.2, -0.15) is 0 Å². The maximum absolute atomic E-state index is 12.5. The van der Waals surface area contributed by atoms with Crippen LogP contribution in [0.25, 0.3) is 0 Å². The van der Waals surface area contributed by atoms with Gasteiger partial charge in [0.25, 0.3) is 0 Å². The highest BCUT2D eigenvalue weighted by molar-refractivity contribution is 7.60. The molecule has 2 nitrogen and oxygen atoms in total. The molecule has 84 valence electrons. The zero-order valence-electron chi connectivity index (χ0n) is 9.11. The van der Waals surface area contributed by atoms with Crippen LogP contribution in [0.15, 0.2) is 11.1 Å². The van der Waals surface area contributed by atoms with Crippen molar-refractivity contribution in [3.8, 4) is 0 Å². The van der Waals surface area contributed by atoms with Crippen LogP contribution in [0.2, 0.25) is 0 Å². The highest BCUT2D eigenvalue weighted by Crippen LogP contribution is 2.68. The van der Waals surface area contributed by atoms with Gasteiger partial charge in [-0.25, -0.2) is 0 Å². The lowest BCUT2D eigenvalue weighted by atomic mass is 9.84. The second kappa shape index (κ2) is 3.46. The molecule has 0 aromatic rings. The molecule has 15 heavy (non-hydrogen) atoms. The van der Waals surface area contributed by atoms with Crippen LogP contribution in [0.5, 0.6) is 0 Å². The fourth-order valence-electron chi connectivity index (χ4n) is 3.77. The summed E-state index contributed by atoms with van der Waals surface area (Å²) in [5, 5.41) is 0. The molecule has 3 rings (SSSR count). The molecule has 0 saturated heterocycles. The van der Waals surface area contributed by atoms with Crippen molar-refractivity contribution in [1.29, 1.82) is 0 Å². The maximum atomic E-state index is 12.5. The fourth-order valence-corrected chi connectivity index (χ4v) is 6.79. The van der Waals surface area contributed by atoms with E-state index in [0.717, 1.165) is 38.5 Å². The number of allylic oxidation sites excluding steroid dienone is 2. The third-order valence-electron chi connectivity index (χ3n) is 4.46. The molecule has 0 amide bonds. The molecule has 2 aliphatic carbocycles. The molecule has 2 fully saturated rings. The summed E-state index contributed by atoms with van der Waals surface area (Å²) < 4.78 is 12.5. The lowest BCUT2D eigenvalue weighted by Gasteiger charge is -2.26. The molecule has 2 saturated carbocycles. The number of hydrogen-bond acceptors (Lipinski definition) is 1. The summed E-state index contributed by atoms with van der Waals surface area (Å²) in [6.45, 7) is 0. The second-order valence-corrected chi connectivity index (χ2v) is 7.84. The Morgan fingerprint density at radius 1 is 0.933 bits per heavy atom. The molecule has 3 aliphatic rings. The van der Waals surface area contributed by atoms with Crippen LogP contribution in [-0.4, -0.2) is 16.2 Å². The average Bonchev–Trinajstić information content (AvgIpc) is 2.51. The first-order valence-corrected chi connectivity index (χ1v) is 8.05. The molecule has 0 bridgehead atoms. The summed E-state index contributed by atoms with van der Waals surface area (Å²) in [5.41, 5.74) is 2.97. The molecule has 1 unspecified atom stereocenters. The summed E-state index contributed by atoms with van der Waals surface area (Å²) in [5.74, 6) is 0. The fraction of sp³-hybridized carbons (Fsp3) is 0.833. The summed E-state index contributed by atoms with van der Waals surface area (Å²) >= 11 is 0. The van der Waals surface area contributed by atoms with Crippen molar-refractivity contribution >= 4 is 7.37 Å². The Morgan fingerprint density at radius 3 is 1.87 bits per heavy atom. The molecule has 0 radical (unpaired) electrons. The van der Waals surface area contributed by atoms with Crippen molar-refractivity contribution in [3.63, 3.8) is 0 Å². The van der Waals surface area contributed by atoms with E-state index in [0.29, 0.717) is 0 Å². The molecule has 3 heteroatoms. The Balaban J connectivity index is 2.04. The smallest absolute Gasteiger partial charge is 0.214 e. The Kier molecular flexibility index (Phi) is 2.33. The lowest BCUT2D eigenvalue weighted by Crippen LogP contribution is -2.15. The van der Waals surface area contributed by atoms with Gasteiger partial charge in [0.1, 0.15) is 0 Å². The molecule has 0 spiro atoms.